The lowest BCUT2D eigenvalue weighted by molar-refractivity contribution is 0.0378. The lowest BCUT2D eigenvalue weighted by atomic mass is 10.2. The number of nitrogens with one attached hydrogen (secondary N) is 2. The number of sulfonamides is 1. The van der Waals surface area contributed by atoms with E-state index in [4.69, 9.17) is 13.9 Å². The van der Waals surface area contributed by atoms with E-state index < -0.39 is 10.0 Å². The van der Waals surface area contributed by atoms with Crippen LogP contribution in [0.15, 0.2) is 52.0 Å². The Bertz CT molecular complexity index is 1180. The Labute approximate surface area is 200 Å². The van der Waals surface area contributed by atoms with Crippen molar-refractivity contribution in [2.75, 3.05) is 56.5 Å². The molecule has 180 valence electrons. The Morgan fingerprint density at radius 1 is 1.12 bits per heavy atom. The van der Waals surface area contributed by atoms with Crippen molar-refractivity contribution in [3.63, 3.8) is 0 Å². The first kappa shape index (κ1) is 25.2. The predicted molar refractivity (Wildman–Crippen MR) is 132 cm³/mol. The van der Waals surface area contributed by atoms with Crippen molar-refractivity contribution in [1.29, 1.82) is 0 Å². The molecule has 0 saturated carbocycles. The number of anilines is 2. The van der Waals surface area contributed by atoms with Crippen LogP contribution in [-0.2, 0) is 14.8 Å². The summed E-state index contributed by atoms with van der Waals surface area (Å²) in [5, 5.41) is 4.22. The molecule has 2 heterocycles. The summed E-state index contributed by atoms with van der Waals surface area (Å²) in [6, 6.07) is 10.4. The van der Waals surface area contributed by atoms with Crippen LogP contribution >= 0.6 is 12.4 Å². The van der Waals surface area contributed by atoms with Crippen LogP contribution in [0.5, 0.6) is 5.75 Å². The van der Waals surface area contributed by atoms with Gasteiger partial charge in [-0.2, -0.15) is 0 Å². The van der Waals surface area contributed by atoms with Crippen molar-refractivity contribution in [2.45, 2.75) is 18.2 Å². The van der Waals surface area contributed by atoms with Crippen molar-refractivity contribution in [3.05, 3.63) is 48.2 Å². The number of benzene rings is 2. The van der Waals surface area contributed by atoms with Gasteiger partial charge in [0.1, 0.15) is 10.6 Å². The third kappa shape index (κ3) is 6.11. The van der Waals surface area contributed by atoms with Crippen LogP contribution in [-0.4, -0.2) is 59.8 Å². The molecule has 33 heavy (non-hydrogen) atoms. The van der Waals surface area contributed by atoms with E-state index >= 15 is 0 Å². The zero-order valence-electron chi connectivity index (χ0n) is 18.8. The van der Waals surface area contributed by atoms with Crippen molar-refractivity contribution in [3.8, 4) is 5.75 Å². The third-order valence-electron chi connectivity index (χ3n) is 5.48. The van der Waals surface area contributed by atoms with Gasteiger partial charge >= 0.3 is 0 Å². The quantitative estimate of drug-likeness (QED) is 0.431. The van der Waals surface area contributed by atoms with Gasteiger partial charge in [-0.15, -0.1) is 12.4 Å². The van der Waals surface area contributed by atoms with Gasteiger partial charge in [0.2, 0.25) is 0 Å². The maximum Gasteiger partial charge on any atom is 0.265 e. The maximum absolute atomic E-state index is 13.1. The Morgan fingerprint density at radius 2 is 1.91 bits per heavy atom. The summed E-state index contributed by atoms with van der Waals surface area (Å²) < 4.78 is 45.2. The van der Waals surface area contributed by atoms with E-state index in [1.165, 1.54) is 7.11 Å². The summed E-state index contributed by atoms with van der Waals surface area (Å²) in [4.78, 5) is 2.49. The molecular weight excluding hydrogens is 466 g/mol. The van der Waals surface area contributed by atoms with Gasteiger partial charge in [0.25, 0.3) is 10.0 Å². The van der Waals surface area contributed by atoms with Gasteiger partial charge in [-0.25, -0.2) is 8.42 Å². The van der Waals surface area contributed by atoms with Crippen LogP contribution in [0.3, 0.4) is 0 Å². The molecule has 4 rings (SSSR count). The molecule has 2 N–H and O–H groups in total. The van der Waals surface area contributed by atoms with Crippen LogP contribution < -0.4 is 14.8 Å². The largest absolute Gasteiger partial charge is 0.495 e. The third-order valence-corrected chi connectivity index (χ3v) is 6.88. The molecule has 0 atom stereocenters. The SMILES string of the molecule is COc1ccc(C)cc1S(=O)(=O)Nc1cc(NCCCN2CCOCC2)c2occc2c1.Cl. The molecule has 0 unspecified atom stereocenters. The molecule has 0 spiro atoms. The zero-order valence-corrected chi connectivity index (χ0v) is 20.4. The first-order valence-corrected chi connectivity index (χ1v) is 12.2. The number of ether oxygens (including phenoxy) is 2. The van der Waals surface area contributed by atoms with Gasteiger partial charge in [0.15, 0.2) is 5.58 Å². The fourth-order valence-electron chi connectivity index (χ4n) is 3.83. The highest BCUT2D eigenvalue weighted by Crippen LogP contribution is 2.32. The van der Waals surface area contributed by atoms with E-state index in [0.717, 1.165) is 62.5 Å². The van der Waals surface area contributed by atoms with Gasteiger partial charge < -0.3 is 19.2 Å². The first-order valence-electron chi connectivity index (χ1n) is 10.7. The second-order valence-electron chi connectivity index (χ2n) is 7.86. The normalized spacial score (nSPS) is 14.6. The minimum absolute atomic E-state index is 0. The molecule has 0 amide bonds. The Balaban J connectivity index is 0.00000306. The van der Waals surface area contributed by atoms with E-state index in [1.807, 2.05) is 19.1 Å². The van der Waals surface area contributed by atoms with Crippen LogP contribution in [0, 0.1) is 6.92 Å². The number of fused-ring (bicyclic) bond motifs is 1. The number of nitrogens with zero attached hydrogens (tertiary/aromatic N) is 1. The Kier molecular flexibility index (Phi) is 8.47. The molecule has 10 heteroatoms. The highest BCUT2D eigenvalue weighted by Gasteiger charge is 2.21. The standard InChI is InChI=1S/C23H29N3O5S.ClH/c1-17-4-5-21(29-2)22(14-17)32(27,28)25-19-15-18-6-11-31-23(18)20(16-19)24-7-3-8-26-9-12-30-13-10-26;/h4-6,11,14-16,24-25H,3,7-10,12-13H2,1-2H3;1H. The minimum atomic E-state index is -3.84. The molecule has 0 radical (unpaired) electrons. The van der Waals surface area contributed by atoms with Crippen molar-refractivity contribution < 1.29 is 22.3 Å². The number of methoxy groups -OCH3 is 1. The Hall–Kier alpha value is -2.46. The number of morpholine rings is 1. The van der Waals surface area contributed by atoms with E-state index in [0.29, 0.717) is 17.0 Å². The molecule has 1 aromatic heterocycles. The summed E-state index contributed by atoms with van der Waals surface area (Å²) in [7, 11) is -2.38. The predicted octanol–water partition coefficient (Wildman–Crippen LogP) is 4.11. The highest BCUT2D eigenvalue weighted by molar-refractivity contribution is 7.92. The monoisotopic (exact) mass is 495 g/mol. The first-order chi connectivity index (χ1) is 15.5. The van der Waals surface area contributed by atoms with E-state index in [-0.39, 0.29) is 17.3 Å². The molecule has 8 nitrogen and oxygen atoms in total. The average Bonchev–Trinajstić information content (AvgIpc) is 3.26. The molecule has 1 aliphatic heterocycles. The molecule has 0 aliphatic carbocycles. The second kappa shape index (κ2) is 11.1. The molecule has 3 aromatic rings. The maximum atomic E-state index is 13.1. The van der Waals surface area contributed by atoms with Gasteiger partial charge in [-0.1, -0.05) is 6.07 Å². The minimum Gasteiger partial charge on any atom is -0.495 e. The molecule has 0 bridgehead atoms. The molecular formula is C23H30ClN3O5S. The number of aryl methyl sites for hydroxylation is 1. The van der Waals surface area contributed by atoms with E-state index in [2.05, 4.69) is 14.9 Å². The van der Waals surface area contributed by atoms with Gasteiger partial charge in [-0.05, 0) is 55.8 Å². The topological polar surface area (TPSA) is 93.0 Å². The lowest BCUT2D eigenvalue weighted by Gasteiger charge is -2.26. The number of furan rings is 1. The number of rotatable bonds is 9. The molecule has 1 saturated heterocycles. The zero-order chi connectivity index (χ0) is 22.6. The molecule has 1 aliphatic rings. The van der Waals surface area contributed by atoms with E-state index in [1.54, 1.807) is 30.5 Å². The fourth-order valence-corrected chi connectivity index (χ4v) is 5.12. The number of halogens is 1. The summed E-state index contributed by atoms with van der Waals surface area (Å²) in [5.41, 5.74) is 2.74. The summed E-state index contributed by atoms with van der Waals surface area (Å²) in [6.07, 6.45) is 2.56. The Morgan fingerprint density at radius 3 is 2.67 bits per heavy atom. The van der Waals surface area contributed by atoms with Gasteiger partial charge in [-0.3, -0.25) is 9.62 Å². The van der Waals surface area contributed by atoms with Crippen LogP contribution in [0.2, 0.25) is 0 Å². The summed E-state index contributed by atoms with van der Waals surface area (Å²) in [6.45, 7) is 7.06. The van der Waals surface area contributed by atoms with Gasteiger partial charge in [0.05, 0.1) is 38.0 Å². The smallest absolute Gasteiger partial charge is 0.265 e. The summed E-state index contributed by atoms with van der Waals surface area (Å²) in [5.74, 6) is 0.300. The van der Waals surface area contributed by atoms with Crippen molar-refractivity contribution in [1.82, 2.24) is 4.90 Å². The lowest BCUT2D eigenvalue weighted by Crippen LogP contribution is -2.37. The summed E-state index contributed by atoms with van der Waals surface area (Å²) >= 11 is 0. The van der Waals surface area contributed by atoms with Crippen molar-refractivity contribution >= 4 is 44.8 Å². The molecule has 2 aromatic carbocycles. The fraction of sp³-hybridized carbons (Fsp3) is 0.391. The van der Waals surface area contributed by atoms with Crippen LogP contribution in [0.25, 0.3) is 11.0 Å². The van der Waals surface area contributed by atoms with Crippen LogP contribution in [0.1, 0.15) is 12.0 Å². The van der Waals surface area contributed by atoms with Gasteiger partial charge in [0, 0.05) is 25.0 Å². The van der Waals surface area contributed by atoms with Crippen LogP contribution in [0.4, 0.5) is 11.4 Å². The van der Waals surface area contributed by atoms with E-state index in [9.17, 15) is 8.42 Å². The van der Waals surface area contributed by atoms with Crippen molar-refractivity contribution in [2.24, 2.45) is 0 Å². The number of hydrogen-bond acceptors (Lipinski definition) is 7. The number of hydrogen-bond donors (Lipinski definition) is 2. The average molecular weight is 496 g/mol. The second-order valence-corrected chi connectivity index (χ2v) is 9.51. The molecule has 1 fully saturated rings. The highest BCUT2D eigenvalue weighted by atomic mass is 35.5.